The van der Waals surface area contributed by atoms with Crippen molar-refractivity contribution >= 4 is 40.0 Å². The molecule has 0 atom stereocenters. The number of aromatic nitrogens is 2. The van der Waals surface area contributed by atoms with Crippen LogP contribution in [-0.2, 0) is 0 Å². The van der Waals surface area contributed by atoms with Gasteiger partial charge in [-0.15, -0.1) is 0 Å². The van der Waals surface area contributed by atoms with E-state index in [4.69, 9.17) is 11.6 Å². The predicted molar refractivity (Wildman–Crippen MR) is 69.5 cm³/mol. The average Bonchev–Trinajstić information content (AvgIpc) is 2.69. The number of nitrogens with zero attached hydrogens (tertiary/aromatic N) is 3. The first-order valence-corrected chi connectivity index (χ1v) is 6.08. The maximum atomic E-state index is 6.14. The van der Waals surface area contributed by atoms with Crippen LogP contribution in [0.25, 0.3) is 11.0 Å². The van der Waals surface area contributed by atoms with Gasteiger partial charge in [0.1, 0.15) is 11.0 Å². The van der Waals surface area contributed by atoms with Crippen LogP contribution in [0.4, 0.5) is 5.69 Å². The molecular weight excluding hydrogens is 244 g/mol. The van der Waals surface area contributed by atoms with Gasteiger partial charge in [-0.3, -0.25) is 0 Å². The van der Waals surface area contributed by atoms with Crippen LogP contribution < -0.4 is 5.32 Å². The zero-order valence-corrected chi connectivity index (χ0v) is 10.8. The number of likely N-dealkylation sites (N-methyl/N-ethyl adjacent to an activating group) is 1. The Kier molecular flexibility index (Phi) is 3.58. The molecule has 0 aliphatic heterocycles. The molecule has 1 aromatic heterocycles. The fourth-order valence-corrected chi connectivity index (χ4v) is 2.16. The third-order valence-electron chi connectivity index (χ3n) is 2.24. The molecule has 0 amide bonds. The lowest BCUT2D eigenvalue weighted by molar-refractivity contribution is 0.425. The summed E-state index contributed by atoms with van der Waals surface area (Å²) in [6.45, 7) is 1.79. The minimum absolute atomic E-state index is 0.693. The lowest BCUT2D eigenvalue weighted by Crippen LogP contribution is -2.20. The summed E-state index contributed by atoms with van der Waals surface area (Å²) in [6, 6.07) is 3.74. The highest BCUT2D eigenvalue weighted by Crippen LogP contribution is 2.29. The molecular formula is C10H13ClN4S. The van der Waals surface area contributed by atoms with E-state index in [1.807, 2.05) is 26.2 Å². The van der Waals surface area contributed by atoms with E-state index >= 15 is 0 Å². The van der Waals surface area contributed by atoms with Gasteiger partial charge < -0.3 is 10.2 Å². The fourth-order valence-electron chi connectivity index (χ4n) is 1.40. The molecule has 2 rings (SSSR count). The van der Waals surface area contributed by atoms with Crippen LogP contribution in [-0.4, -0.2) is 40.8 Å². The number of benzene rings is 1. The summed E-state index contributed by atoms with van der Waals surface area (Å²) in [5.74, 6) is 0. The van der Waals surface area contributed by atoms with Crippen molar-refractivity contribution < 1.29 is 0 Å². The maximum Gasteiger partial charge on any atom is 0.129 e. The topological polar surface area (TPSA) is 41.0 Å². The molecule has 0 unspecified atom stereocenters. The smallest absolute Gasteiger partial charge is 0.129 e. The van der Waals surface area contributed by atoms with Crippen molar-refractivity contribution in [2.75, 3.05) is 32.5 Å². The van der Waals surface area contributed by atoms with Crippen LogP contribution >= 0.6 is 23.3 Å². The van der Waals surface area contributed by atoms with Crippen LogP contribution in [0.15, 0.2) is 12.1 Å². The van der Waals surface area contributed by atoms with Crippen LogP contribution in [0.5, 0.6) is 0 Å². The SMILES string of the molecule is CN(C)CCNc1c(Cl)ccc2nsnc12. The van der Waals surface area contributed by atoms with Gasteiger partial charge in [-0.1, -0.05) is 11.6 Å². The standard InChI is InChI=1S/C10H13ClN4S/c1-15(2)6-5-12-9-7(11)3-4-8-10(9)14-16-13-8/h3-4,12H,5-6H2,1-2H3. The number of hydrogen-bond donors (Lipinski definition) is 1. The Morgan fingerprint density at radius 1 is 1.38 bits per heavy atom. The quantitative estimate of drug-likeness (QED) is 0.912. The summed E-state index contributed by atoms with van der Waals surface area (Å²) in [5.41, 5.74) is 2.63. The predicted octanol–water partition coefficient (Wildman–Crippen LogP) is 2.32. The van der Waals surface area contributed by atoms with Gasteiger partial charge >= 0.3 is 0 Å². The second-order valence-electron chi connectivity index (χ2n) is 3.78. The first-order valence-electron chi connectivity index (χ1n) is 4.98. The molecule has 16 heavy (non-hydrogen) atoms. The Morgan fingerprint density at radius 3 is 2.94 bits per heavy atom. The first-order chi connectivity index (χ1) is 7.68. The van der Waals surface area contributed by atoms with Crippen molar-refractivity contribution in [1.82, 2.24) is 13.6 Å². The zero-order valence-electron chi connectivity index (χ0n) is 9.20. The van der Waals surface area contributed by atoms with Crippen LogP contribution in [0.3, 0.4) is 0 Å². The summed E-state index contributed by atoms with van der Waals surface area (Å²) in [4.78, 5) is 2.11. The van der Waals surface area contributed by atoms with Crippen LogP contribution in [0.1, 0.15) is 0 Å². The highest BCUT2D eigenvalue weighted by atomic mass is 35.5. The summed E-state index contributed by atoms with van der Waals surface area (Å²) >= 11 is 7.34. The maximum absolute atomic E-state index is 6.14. The van der Waals surface area contributed by atoms with Crippen molar-refractivity contribution in [1.29, 1.82) is 0 Å². The molecule has 0 radical (unpaired) electrons. The van der Waals surface area contributed by atoms with Crippen molar-refractivity contribution in [3.63, 3.8) is 0 Å². The van der Waals surface area contributed by atoms with E-state index in [2.05, 4.69) is 19.0 Å². The minimum atomic E-state index is 0.693. The molecule has 2 aromatic rings. The molecule has 4 nitrogen and oxygen atoms in total. The second kappa shape index (κ2) is 4.95. The van der Waals surface area contributed by atoms with E-state index in [0.29, 0.717) is 5.02 Å². The van der Waals surface area contributed by atoms with Crippen molar-refractivity contribution in [3.05, 3.63) is 17.2 Å². The van der Waals surface area contributed by atoms with E-state index in [-0.39, 0.29) is 0 Å². The van der Waals surface area contributed by atoms with Gasteiger partial charge in [0.15, 0.2) is 0 Å². The van der Waals surface area contributed by atoms with E-state index < -0.39 is 0 Å². The van der Waals surface area contributed by atoms with Gasteiger partial charge in [-0.2, -0.15) is 8.75 Å². The first kappa shape index (κ1) is 11.6. The van der Waals surface area contributed by atoms with Gasteiger partial charge in [0, 0.05) is 13.1 Å². The monoisotopic (exact) mass is 256 g/mol. The molecule has 1 heterocycles. The summed E-state index contributed by atoms with van der Waals surface area (Å²) in [5, 5.41) is 4.00. The van der Waals surface area contributed by atoms with E-state index in [1.165, 1.54) is 11.7 Å². The molecule has 0 fully saturated rings. The largest absolute Gasteiger partial charge is 0.381 e. The average molecular weight is 257 g/mol. The molecule has 0 spiro atoms. The van der Waals surface area contributed by atoms with Crippen LogP contribution in [0, 0.1) is 0 Å². The molecule has 0 bridgehead atoms. The van der Waals surface area contributed by atoms with Crippen molar-refractivity contribution in [2.24, 2.45) is 0 Å². The fraction of sp³-hybridized carbons (Fsp3) is 0.400. The lowest BCUT2D eigenvalue weighted by Gasteiger charge is -2.12. The number of nitrogens with one attached hydrogen (secondary N) is 1. The van der Waals surface area contributed by atoms with Crippen molar-refractivity contribution in [2.45, 2.75) is 0 Å². The number of fused-ring (bicyclic) bond motifs is 1. The molecule has 1 N–H and O–H groups in total. The molecule has 0 saturated carbocycles. The van der Waals surface area contributed by atoms with E-state index in [9.17, 15) is 0 Å². The Bertz CT molecular complexity index is 483. The third kappa shape index (κ3) is 2.42. The number of anilines is 1. The normalized spacial score (nSPS) is 11.2. The highest BCUT2D eigenvalue weighted by Gasteiger charge is 2.08. The molecule has 0 aliphatic rings. The highest BCUT2D eigenvalue weighted by molar-refractivity contribution is 7.00. The summed E-state index contributed by atoms with van der Waals surface area (Å²) < 4.78 is 8.43. The Hall–Kier alpha value is -0.910. The Labute approximate surface area is 104 Å². The van der Waals surface area contributed by atoms with Gasteiger partial charge in [0.25, 0.3) is 0 Å². The van der Waals surface area contributed by atoms with Crippen molar-refractivity contribution in [3.8, 4) is 0 Å². The second-order valence-corrected chi connectivity index (χ2v) is 4.72. The summed E-state index contributed by atoms with van der Waals surface area (Å²) in [7, 11) is 4.07. The number of halogens is 1. The van der Waals surface area contributed by atoms with E-state index in [0.717, 1.165) is 29.8 Å². The van der Waals surface area contributed by atoms with Gasteiger partial charge in [-0.05, 0) is 26.2 Å². The molecule has 86 valence electrons. The molecule has 1 aromatic carbocycles. The third-order valence-corrected chi connectivity index (χ3v) is 3.10. The van der Waals surface area contributed by atoms with Gasteiger partial charge in [0.05, 0.1) is 22.4 Å². The number of rotatable bonds is 4. The van der Waals surface area contributed by atoms with E-state index in [1.54, 1.807) is 0 Å². The Morgan fingerprint density at radius 2 is 2.19 bits per heavy atom. The number of hydrogen-bond acceptors (Lipinski definition) is 5. The molecule has 6 heteroatoms. The molecule has 0 saturated heterocycles. The zero-order chi connectivity index (χ0) is 11.5. The summed E-state index contributed by atoms with van der Waals surface area (Å²) in [6.07, 6.45) is 0. The van der Waals surface area contributed by atoms with Gasteiger partial charge in [-0.25, -0.2) is 0 Å². The molecule has 0 aliphatic carbocycles. The Balaban J connectivity index is 2.21. The van der Waals surface area contributed by atoms with Gasteiger partial charge in [0.2, 0.25) is 0 Å². The minimum Gasteiger partial charge on any atom is -0.381 e. The lowest BCUT2D eigenvalue weighted by atomic mass is 10.2. The van der Waals surface area contributed by atoms with Crippen LogP contribution in [0.2, 0.25) is 5.02 Å².